The highest BCUT2D eigenvalue weighted by atomic mass is 16.5. The smallest absolute Gasteiger partial charge is 0.0590 e. The molecule has 1 N–H and O–H groups in total. The van der Waals surface area contributed by atoms with Crippen LogP contribution in [0.3, 0.4) is 0 Å². The van der Waals surface area contributed by atoms with Gasteiger partial charge in [0.25, 0.3) is 0 Å². The van der Waals surface area contributed by atoms with Crippen molar-refractivity contribution < 1.29 is 4.74 Å². The highest BCUT2D eigenvalue weighted by molar-refractivity contribution is 5.83. The molecule has 104 valence electrons. The normalized spacial score (nSPS) is 11.3. The summed E-state index contributed by atoms with van der Waals surface area (Å²) in [5.74, 6) is 0. The summed E-state index contributed by atoms with van der Waals surface area (Å²) in [5.41, 5.74) is 2.81. The Hall–Kier alpha value is -1.32. The Kier molecular flexibility index (Phi) is 5.43. The molecule has 0 unspecified atom stereocenters. The van der Waals surface area contributed by atoms with Gasteiger partial charge in [-0.25, -0.2) is 0 Å². The van der Waals surface area contributed by atoms with E-state index in [9.17, 15) is 0 Å². The van der Waals surface area contributed by atoms with E-state index in [4.69, 9.17) is 4.74 Å². The fraction of sp³-hybridized carbons (Fsp3) is 0.500. The van der Waals surface area contributed by atoms with Gasteiger partial charge in [0.2, 0.25) is 0 Å². The lowest BCUT2D eigenvalue weighted by Crippen LogP contribution is -2.24. The Morgan fingerprint density at radius 1 is 1.16 bits per heavy atom. The maximum atomic E-state index is 5.31. The quantitative estimate of drug-likeness (QED) is 0.739. The number of benzene rings is 1. The van der Waals surface area contributed by atoms with Crippen molar-refractivity contribution in [3.8, 4) is 0 Å². The SMILES string of the molecule is CCOCCNCCn1ccc2cccc(CC)c21. The van der Waals surface area contributed by atoms with Crippen LogP contribution in [-0.4, -0.2) is 30.9 Å². The summed E-state index contributed by atoms with van der Waals surface area (Å²) in [6.07, 6.45) is 3.27. The highest BCUT2D eigenvalue weighted by Crippen LogP contribution is 2.20. The molecule has 0 radical (unpaired) electrons. The maximum Gasteiger partial charge on any atom is 0.0590 e. The number of aromatic nitrogens is 1. The van der Waals surface area contributed by atoms with Gasteiger partial charge in [-0.2, -0.15) is 0 Å². The number of hydrogen-bond donors (Lipinski definition) is 1. The molecule has 0 spiro atoms. The van der Waals surface area contributed by atoms with E-state index in [1.807, 2.05) is 6.92 Å². The third-order valence-electron chi connectivity index (χ3n) is 3.41. The van der Waals surface area contributed by atoms with Crippen LogP contribution in [-0.2, 0) is 17.7 Å². The van der Waals surface area contributed by atoms with Crippen LogP contribution >= 0.6 is 0 Å². The Morgan fingerprint density at radius 2 is 2.05 bits per heavy atom. The van der Waals surface area contributed by atoms with Crippen molar-refractivity contribution in [3.05, 3.63) is 36.0 Å². The summed E-state index contributed by atoms with van der Waals surface area (Å²) >= 11 is 0. The van der Waals surface area contributed by atoms with E-state index in [1.54, 1.807) is 0 Å². The fourth-order valence-electron chi connectivity index (χ4n) is 2.43. The van der Waals surface area contributed by atoms with Gasteiger partial charge in [-0.05, 0) is 30.4 Å². The van der Waals surface area contributed by atoms with Crippen LogP contribution < -0.4 is 5.32 Å². The zero-order chi connectivity index (χ0) is 13.5. The molecule has 2 aromatic rings. The lowest BCUT2D eigenvalue weighted by Gasteiger charge is -2.10. The van der Waals surface area contributed by atoms with Gasteiger partial charge in [0.15, 0.2) is 0 Å². The van der Waals surface area contributed by atoms with Crippen molar-refractivity contribution in [2.45, 2.75) is 26.8 Å². The molecule has 0 saturated carbocycles. The minimum atomic E-state index is 0.795. The minimum absolute atomic E-state index is 0.795. The molecule has 1 aromatic carbocycles. The van der Waals surface area contributed by atoms with Crippen LogP contribution in [0.25, 0.3) is 10.9 Å². The van der Waals surface area contributed by atoms with Gasteiger partial charge in [-0.3, -0.25) is 0 Å². The Morgan fingerprint density at radius 3 is 2.84 bits per heavy atom. The molecule has 0 atom stereocenters. The first kappa shape index (κ1) is 14.1. The number of aryl methyl sites for hydroxylation is 1. The highest BCUT2D eigenvalue weighted by Gasteiger charge is 2.04. The molecule has 0 fully saturated rings. The van der Waals surface area contributed by atoms with Crippen molar-refractivity contribution in [1.29, 1.82) is 0 Å². The minimum Gasteiger partial charge on any atom is -0.380 e. The molecule has 0 saturated heterocycles. The lowest BCUT2D eigenvalue weighted by molar-refractivity contribution is 0.149. The lowest BCUT2D eigenvalue weighted by atomic mass is 10.1. The predicted molar refractivity (Wildman–Crippen MR) is 80.7 cm³/mol. The Bertz CT molecular complexity index is 504. The summed E-state index contributed by atoms with van der Waals surface area (Å²) in [6.45, 7) is 8.74. The number of hydrogen-bond acceptors (Lipinski definition) is 2. The van der Waals surface area contributed by atoms with Gasteiger partial charge in [0, 0.05) is 32.4 Å². The molecule has 19 heavy (non-hydrogen) atoms. The zero-order valence-electron chi connectivity index (χ0n) is 12.0. The summed E-state index contributed by atoms with van der Waals surface area (Å²) in [6, 6.07) is 8.76. The van der Waals surface area contributed by atoms with Gasteiger partial charge in [-0.15, -0.1) is 0 Å². The van der Waals surface area contributed by atoms with E-state index in [-0.39, 0.29) is 0 Å². The second-order valence-electron chi connectivity index (χ2n) is 4.66. The molecule has 0 aliphatic rings. The van der Waals surface area contributed by atoms with Crippen molar-refractivity contribution >= 4 is 10.9 Å². The Labute approximate surface area is 115 Å². The van der Waals surface area contributed by atoms with E-state index in [0.717, 1.165) is 39.3 Å². The van der Waals surface area contributed by atoms with Gasteiger partial charge in [-0.1, -0.05) is 25.1 Å². The third kappa shape index (κ3) is 3.58. The number of nitrogens with zero attached hydrogens (tertiary/aromatic N) is 1. The first-order valence-electron chi connectivity index (χ1n) is 7.22. The van der Waals surface area contributed by atoms with Crippen LogP contribution in [0.2, 0.25) is 0 Å². The standard InChI is InChI=1S/C16H24N2O/c1-3-14-6-5-7-15-8-11-18(16(14)15)12-9-17-10-13-19-4-2/h5-8,11,17H,3-4,9-10,12-13H2,1-2H3. The van der Waals surface area contributed by atoms with Crippen molar-refractivity contribution in [1.82, 2.24) is 9.88 Å². The first-order chi connectivity index (χ1) is 9.36. The average molecular weight is 260 g/mol. The Balaban J connectivity index is 1.93. The predicted octanol–water partition coefficient (Wildman–Crippen LogP) is 2.83. The van der Waals surface area contributed by atoms with Crippen molar-refractivity contribution in [2.24, 2.45) is 0 Å². The molecule has 1 heterocycles. The average Bonchev–Trinajstić information content (AvgIpc) is 2.86. The monoisotopic (exact) mass is 260 g/mol. The summed E-state index contributed by atoms with van der Waals surface area (Å²) in [5, 5.41) is 4.76. The number of nitrogens with one attached hydrogen (secondary N) is 1. The second kappa shape index (κ2) is 7.31. The van der Waals surface area contributed by atoms with Gasteiger partial charge in [0.05, 0.1) is 12.1 Å². The molecule has 3 nitrogen and oxygen atoms in total. The third-order valence-corrected chi connectivity index (χ3v) is 3.41. The summed E-state index contributed by atoms with van der Waals surface area (Å²) < 4.78 is 7.66. The van der Waals surface area contributed by atoms with E-state index < -0.39 is 0 Å². The number of fused-ring (bicyclic) bond motifs is 1. The zero-order valence-corrected chi connectivity index (χ0v) is 12.0. The fourth-order valence-corrected chi connectivity index (χ4v) is 2.43. The molecule has 0 bridgehead atoms. The topological polar surface area (TPSA) is 26.2 Å². The van der Waals surface area contributed by atoms with E-state index in [1.165, 1.54) is 16.5 Å². The molecular formula is C16H24N2O. The first-order valence-corrected chi connectivity index (χ1v) is 7.22. The largest absolute Gasteiger partial charge is 0.380 e. The van der Waals surface area contributed by atoms with Gasteiger partial charge < -0.3 is 14.6 Å². The van der Waals surface area contributed by atoms with Crippen molar-refractivity contribution in [2.75, 3.05) is 26.3 Å². The van der Waals surface area contributed by atoms with E-state index in [2.05, 4.69) is 47.3 Å². The number of para-hydroxylation sites is 1. The summed E-state index contributed by atoms with van der Waals surface area (Å²) in [7, 11) is 0. The van der Waals surface area contributed by atoms with Crippen LogP contribution in [0.1, 0.15) is 19.4 Å². The van der Waals surface area contributed by atoms with Crippen molar-refractivity contribution in [3.63, 3.8) is 0 Å². The second-order valence-corrected chi connectivity index (χ2v) is 4.66. The molecule has 0 amide bonds. The van der Waals surface area contributed by atoms with Crippen LogP contribution in [0.4, 0.5) is 0 Å². The van der Waals surface area contributed by atoms with Gasteiger partial charge in [0.1, 0.15) is 0 Å². The molecule has 3 heteroatoms. The van der Waals surface area contributed by atoms with E-state index in [0.29, 0.717) is 0 Å². The van der Waals surface area contributed by atoms with E-state index >= 15 is 0 Å². The molecule has 2 rings (SSSR count). The maximum absolute atomic E-state index is 5.31. The molecule has 1 aromatic heterocycles. The molecule has 0 aliphatic carbocycles. The summed E-state index contributed by atoms with van der Waals surface area (Å²) in [4.78, 5) is 0. The number of ether oxygens (including phenoxy) is 1. The number of rotatable bonds is 8. The molecule has 0 aliphatic heterocycles. The van der Waals surface area contributed by atoms with Gasteiger partial charge >= 0.3 is 0 Å². The van der Waals surface area contributed by atoms with Crippen LogP contribution in [0.5, 0.6) is 0 Å². The van der Waals surface area contributed by atoms with Crippen LogP contribution in [0, 0.1) is 0 Å². The van der Waals surface area contributed by atoms with Crippen LogP contribution in [0.15, 0.2) is 30.5 Å². The molecular weight excluding hydrogens is 236 g/mol.